The Morgan fingerprint density at radius 3 is 2.52 bits per heavy atom. The van der Waals surface area contributed by atoms with Gasteiger partial charge in [0.05, 0.1) is 6.04 Å². The monoisotopic (exact) mass is 458 g/mol. The first kappa shape index (κ1) is 22.3. The Morgan fingerprint density at radius 1 is 1.09 bits per heavy atom. The average molecular weight is 459 g/mol. The molecule has 0 spiro atoms. The fourth-order valence-electron chi connectivity index (χ4n) is 5.56. The molecule has 4 aromatic rings. The minimum Gasteiger partial charge on any atom is -0.361 e. The molecule has 172 valence electrons. The van der Waals surface area contributed by atoms with Crippen LogP contribution in [0.3, 0.4) is 0 Å². The van der Waals surface area contributed by atoms with Gasteiger partial charge >= 0.3 is 0 Å². The number of aromatic nitrogens is 2. The van der Waals surface area contributed by atoms with Crippen LogP contribution in [0.25, 0.3) is 10.9 Å². The number of rotatable bonds is 7. The molecule has 1 fully saturated rings. The zero-order chi connectivity index (χ0) is 22.8. The van der Waals surface area contributed by atoms with Crippen LogP contribution in [0.2, 0.25) is 0 Å². The van der Waals surface area contributed by atoms with E-state index in [9.17, 15) is 0 Å². The molecule has 2 heterocycles. The standard InChI is InChI=1S/C28H34N4S/c1-20-19-33-27(30-20)26(17-21-18-29-25-12-8-7-11-24(21)25)31-23-13-15-28(16-14-23,32(2)3)22-9-5-4-6-10-22/h4-12,18-19,23,26,29,31H,13-17H2,1-3H3/t23?,26-,28?/m1/s1. The molecule has 5 heteroatoms. The lowest BCUT2D eigenvalue weighted by molar-refractivity contribution is 0.0832. The number of nitrogens with zero attached hydrogens (tertiary/aromatic N) is 2. The van der Waals surface area contributed by atoms with Gasteiger partial charge in [-0.05, 0) is 70.3 Å². The molecule has 0 saturated heterocycles. The molecule has 1 saturated carbocycles. The first-order valence-corrected chi connectivity index (χ1v) is 12.9. The molecule has 1 aliphatic rings. The number of aromatic amines is 1. The van der Waals surface area contributed by atoms with Crippen LogP contribution in [-0.4, -0.2) is 35.0 Å². The number of nitrogens with one attached hydrogen (secondary N) is 2. The molecule has 2 aromatic carbocycles. The van der Waals surface area contributed by atoms with E-state index in [2.05, 4.69) is 102 Å². The topological polar surface area (TPSA) is 44.0 Å². The molecule has 33 heavy (non-hydrogen) atoms. The van der Waals surface area contributed by atoms with Gasteiger partial charge in [0.1, 0.15) is 5.01 Å². The number of hydrogen-bond acceptors (Lipinski definition) is 4. The first-order chi connectivity index (χ1) is 16.0. The highest BCUT2D eigenvalue weighted by Crippen LogP contribution is 2.41. The summed E-state index contributed by atoms with van der Waals surface area (Å²) in [6.45, 7) is 2.09. The summed E-state index contributed by atoms with van der Waals surface area (Å²) in [5.74, 6) is 0. The molecule has 1 aliphatic carbocycles. The van der Waals surface area contributed by atoms with Crippen molar-refractivity contribution < 1.29 is 0 Å². The van der Waals surface area contributed by atoms with Gasteiger partial charge in [-0.3, -0.25) is 4.90 Å². The summed E-state index contributed by atoms with van der Waals surface area (Å²) in [5, 5.41) is 8.72. The van der Waals surface area contributed by atoms with Gasteiger partial charge < -0.3 is 10.3 Å². The van der Waals surface area contributed by atoms with Crippen LogP contribution in [0.5, 0.6) is 0 Å². The molecular weight excluding hydrogens is 424 g/mol. The summed E-state index contributed by atoms with van der Waals surface area (Å²) < 4.78 is 0. The van der Waals surface area contributed by atoms with Gasteiger partial charge in [0.15, 0.2) is 0 Å². The third-order valence-electron chi connectivity index (χ3n) is 7.45. The van der Waals surface area contributed by atoms with Gasteiger partial charge in [-0.25, -0.2) is 4.98 Å². The number of benzene rings is 2. The second kappa shape index (κ2) is 9.41. The van der Waals surface area contributed by atoms with Crippen LogP contribution in [0, 0.1) is 6.92 Å². The summed E-state index contributed by atoms with van der Waals surface area (Å²) in [4.78, 5) is 10.8. The van der Waals surface area contributed by atoms with Crippen molar-refractivity contribution in [1.29, 1.82) is 0 Å². The second-order valence-corrected chi connectivity index (χ2v) is 10.6. The molecule has 4 nitrogen and oxygen atoms in total. The third-order valence-corrected chi connectivity index (χ3v) is 8.53. The number of H-pyrrole nitrogens is 1. The maximum Gasteiger partial charge on any atom is 0.110 e. The molecule has 0 amide bonds. The highest BCUT2D eigenvalue weighted by atomic mass is 32.1. The number of fused-ring (bicyclic) bond motifs is 1. The fourth-order valence-corrected chi connectivity index (χ4v) is 6.42. The van der Waals surface area contributed by atoms with Crippen LogP contribution in [0.4, 0.5) is 0 Å². The summed E-state index contributed by atoms with van der Waals surface area (Å²) in [6.07, 6.45) is 7.79. The van der Waals surface area contributed by atoms with Gasteiger partial charge in [0, 0.05) is 39.8 Å². The van der Waals surface area contributed by atoms with Crippen LogP contribution < -0.4 is 5.32 Å². The Hall–Kier alpha value is -2.47. The quantitative estimate of drug-likeness (QED) is 0.346. The van der Waals surface area contributed by atoms with E-state index in [1.54, 1.807) is 11.3 Å². The first-order valence-electron chi connectivity index (χ1n) is 12.0. The zero-order valence-corrected chi connectivity index (χ0v) is 20.7. The SMILES string of the molecule is Cc1csc([C@@H](Cc2c[nH]c3ccccc23)NC2CCC(c3ccccc3)(N(C)C)CC2)n1. The van der Waals surface area contributed by atoms with Crippen molar-refractivity contribution in [1.82, 2.24) is 20.2 Å². The zero-order valence-electron chi connectivity index (χ0n) is 19.8. The Kier molecular flexibility index (Phi) is 6.37. The van der Waals surface area contributed by atoms with Crippen LogP contribution in [0.1, 0.15) is 53.6 Å². The van der Waals surface area contributed by atoms with Crippen molar-refractivity contribution in [3.63, 3.8) is 0 Å². The van der Waals surface area contributed by atoms with Gasteiger partial charge in [-0.1, -0.05) is 48.5 Å². The molecule has 2 aromatic heterocycles. The van der Waals surface area contributed by atoms with Crippen molar-refractivity contribution >= 4 is 22.2 Å². The maximum atomic E-state index is 4.88. The fraction of sp³-hybridized carbons (Fsp3) is 0.393. The average Bonchev–Trinajstić information content (AvgIpc) is 3.46. The molecule has 0 aliphatic heterocycles. The largest absolute Gasteiger partial charge is 0.361 e. The molecular formula is C28H34N4S. The minimum absolute atomic E-state index is 0.129. The van der Waals surface area contributed by atoms with Crippen LogP contribution >= 0.6 is 11.3 Å². The molecule has 1 atom stereocenters. The van der Waals surface area contributed by atoms with Crippen molar-refractivity contribution in [2.75, 3.05) is 14.1 Å². The summed E-state index contributed by atoms with van der Waals surface area (Å²) in [7, 11) is 4.47. The molecule has 0 unspecified atom stereocenters. The van der Waals surface area contributed by atoms with E-state index in [-0.39, 0.29) is 11.6 Å². The Bertz CT molecular complexity index is 1180. The molecule has 5 rings (SSSR count). The van der Waals surface area contributed by atoms with Crippen molar-refractivity contribution in [3.05, 3.63) is 88.0 Å². The van der Waals surface area contributed by atoms with Gasteiger partial charge in [-0.2, -0.15) is 0 Å². The lowest BCUT2D eigenvalue weighted by Gasteiger charge is -2.46. The highest BCUT2D eigenvalue weighted by Gasteiger charge is 2.39. The van der Waals surface area contributed by atoms with Gasteiger partial charge in [0.25, 0.3) is 0 Å². The molecule has 0 radical (unpaired) electrons. The van der Waals surface area contributed by atoms with Crippen LogP contribution in [-0.2, 0) is 12.0 Å². The van der Waals surface area contributed by atoms with Crippen molar-refractivity contribution in [2.24, 2.45) is 0 Å². The van der Waals surface area contributed by atoms with E-state index in [0.29, 0.717) is 6.04 Å². The van der Waals surface area contributed by atoms with Gasteiger partial charge in [-0.15, -0.1) is 11.3 Å². The summed E-state index contributed by atoms with van der Waals surface area (Å²) >= 11 is 1.78. The van der Waals surface area contributed by atoms with Crippen molar-refractivity contribution in [3.8, 4) is 0 Å². The van der Waals surface area contributed by atoms with E-state index in [1.807, 2.05) is 0 Å². The predicted molar refractivity (Wildman–Crippen MR) is 139 cm³/mol. The lowest BCUT2D eigenvalue weighted by atomic mass is 9.74. The second-order valence-electron chi connectivity index (χ2n) is 9.68. The number of aryl methyl sites for hydroxylation is 1. The van der Waals surface area contributed by atoms with Gasteiger partial charge in [0.2, 0.25) is 0 Å². The smallest absolute Gasteiger partial charge is 0.110 e. The van der Waals surface area contributed by atoms with E-state index in [4.69, 9.17) is 4.98 Å². The number of thiazole rings is 1. The van der Waals surface area contributed by atoms with E-state index in [0.717, 1.165) is 12.1 Å². The number of para-hydroxylation sites is 1. The van der Waals surface area contributed by atoms with Crippen molar-refractivity contribution in [2.45, 2.75) is 56.7 Å². The normalized spacial score (nSPS) is 22.1. The Balaban J connectivity index is 1.35. The molecule has 0 bridgehead atoms. The third kappa shape index (κ3) is 4.50. The highest BCUT2D eigenvalue weighted by molar-refractivity contribution is 7.09. The Labute approximate surface area is 201 Å². The summed E-state index contributed by atoms with van der Waals surface area (Å²) in [6, 6.07) is 20.4. The lowest BCUT2D eigenvalue weighted by Crippen LogP contribution is -2.48. The predicted octanol–water partition coefficient (Wildman–Crippen LogP) is 6.21. The molecule has 2 N–H and O–H groups in total. The minimum atomic E-state index is 0.129. The van der Waals surface area contributed by atoms with E-state index < -0.39 is 0 Å². The number of hydrogen-bond donors (Lipinski definition) is 2. The van der Waals surface area contributed by atoms with E-state index in [1.165, 1.54) is 52.7 Å². The maximum absolute atomic E-state index is 4.88. The van der Waals surface area contributed by atoms with E-state index >= 15 is 0 Å². The Morgan fingerprint density at radius 2 is 1.82 bits per heavy atom. The summed E-state index contributed by atoms with van der Waals surface area (Å²) in [5.41, 5.74) is 5.25. The van der Waals surface area contributed by atoms with Crippen LogP contribution in [0.15, 0.2) is 66.2 Å².